The number of benzene rings is 1. The Balaban J connectivity index is 1.89. The van der Waals surface area contributed by atoms with E-state index in [2.05, 4.69) is 0 Å². The standard InChI is InChI=1S/C21H28N2O5/c1-21(2,3)28-20(26)23-13-15-9-6-5-8-14(15)12-17(23)18(24)22-11-7-10-16(22)19(25)27-4/h5-6,8-9,16-17H,7,10-13H2,1-4H3/t16-,17+/m0/s1. The predicted molar refractivity (Wildman–Crippen MR) is 102 cm³/mol. The van der Waals surface area contributed by atoms with Gasteiger partial charge in [-0.2, -0.15) is 0 Å². The van der Waals surface area contributed by atoms with Gasteiger partial charge >= 0.3 is 12.1 Å². The maximum atomic E-state index is 13.4. The van der Waals surface area contributed by atoms with Crippen LogP contribution in [0.5, 0.6) is 0 Å². The Morgan fingerprint density at radius 1 is 1.04 bits per heavy atom. The van der Waals surface area contributed by atoms with Crippen LogP contribution in [0.2, 0.25) is 0 Å². The fourth-order valence-electron chi connectivity index (χ4n) is 3.86. The molecule has 7 nitrogen and oxygen atoms in total. The van der Waals surface area contributed by atoms with E-state index < -0.39 is 29.7 Å². The summed E-state index contributed by atoms with van der Waals surface area (Å²) in [6, 6.07) is 6.49. The van der Waals surface area contributed by atoms with Crippen LogP contribution >= 0.6 is 0 Å². The van der Waals surface area contributed by atoms with Crippen LogP contribution < -0.4 is 0 Å². The highest BCUT2D eigenvalue weighted by atomic mass is 16.6. The normalized spacial score (nSPS) is 21.9. The molecule has 0 radical (unpaired) electrons. The van der Waals surface area contributed by atoms with Gasteiger partial charge in [-0.25, -0.2) is 9.59 Å². The van der Waals surface area contributed by atoms with Crippen LogP contribution in [0.15, 0.2) is 24.3 Å². The lowest BCUT2D eigenvalue weighted by atomic mass is 9.93. The highest BCUT2D eigenvalue weighted by Crippen LogP contribution is 2.29. The average molecular weight is 388 g/mol. The van der Waals surface area contributed by atoms with E-state index in [0.29, 0.717) is 25.9 Å². The molecule has 7 heteroatoms. The highest BCUT2D eigenvalue weighted by molar-refractivity contribution is 5.90. The second-order valence-electron chi connectivity index (χ2n) is 8.31. The number of amides is 2. The molecule has 0 bridgehead atoms. The van der Waals surface area contributed by atoms with Gasteiger partial charge in [0.1, 0.15) is 17.7 Å². The predicted octanol–water partition coefficient (Wildman–Crippen LogP) is 2.51. The molecule has 1 saturated heterocycles. The zero-order valence-electron chi connectivity index (χ0n) is 16.9. The van der Waals surface area contributed by atoms with Gasteiger partial charge in [-0.05, 0) is 44.7 Å². The number of nitrogens with zero attached hydrogens (tertiary/aromatic N) is 2. The van der Waals surface area contributed by atoms with Crippen molar-refractivity contribution in [3.05, 3.63) is 35.4 Å². The van der Waals surface area contributed by atoms with Gasteiger partial charge in [0, 0.05) is 13.0 Å². The quantitative estimate of drug-likeness (QED) is 0.728. The Kier molecular flexibility index (Phi) is 5.63. The summed E-state index contributed by atoms with van der Waals surface area (Å²) in [5.41, 5.74) is 1.38. The molecule has 2 atom stereocenters. The van der Waals surface area contributed by atoms with Gasteiger partial charge in [0.2, 0.25) is 5.91 Å². The molecular weight excluding hydrogens is 360 g/mol. The molecule has 0 spiro atoms. The first-order valence-electron chi connectivity index (χ1n) is 9.66. The number of likely N-dealkylation sites (tertiary alicyclic amines) is 1. The summed E-state index contributed by atoms with van der Waals surface area (Å²) in [6.07, 6.45) is 1.20. The van der Waals surface area contributed by atoms with Crippen LogP contribution in [0.1, 0.15) is 44.7 Å². The first-order valence-corrected chi connectivity index (χ1v) is 9.66. The van der Waals surface area contributed by atoms with Gasteiger partial charge in [-0.1, -0.05) is 24.3 Å². The van der Waals surface area contributed by atoms with E-state index in [1.54, 1.807) is 25.7 Å². The number of ether oxygens (including phenoxy) is 2. The lowest BCUT2D eigenvalue weighted by Gasteiger charge is -2.39. The van der Waals surface area contributed by atoms with Gasteiger partial charge in [0.05, 0.1) is 13.7 Å². The fourth-order valence-corrected chi connectivity index (χ4v) is 3.86. The van der Waals surface area contributed by atoms with Crippen LogP contribution in [0.4, 0.5) is 4.79 Å². The molecule has 1 fully saturated rings. The van der Waals surface area contributed by atoms with Gasteiger partial charge < -0.3 is 14.4 Å². The number of hydrogen-bond donors (Lipinski definition) is 0. The maximum absolute atomic E-state index is 13.4. The molecule has 0 unspecified atom stereocenters. The first kappa shape index (κ1) is 20.2. The third-order valence-corrected chi connectivity index (χ3v) is 5.17. The molecule has 0 saturated carbocycles. The molecule has 3 rings (SSSR count). The van der Waals surface area contributed by atoms with E-state index in [1.807, 2.05) is 24.3 Å². The molecular formula is C21H28N2O5. The zero-order valence-corrected chi connectivity index (χ0v) is 16.9. The molecule has 1 aromatic carbocycles. The summed E-state index contributed by atoms with van der Waals surface area (Å²) < 4.78 is 10.4. The van der Waals surface area contributed by atoms with Crippen LogP contribution in [-0.2, 0) is 32.0 Å². The van der Waals surface area contributed by atoms with Crippen molar-refractivity contribution >= 4 is 18.0 Å². The molecule has 0 aliphatic carbocycles. The zero-order chi connectivity index (χ0) is 20.5. The maximum Gasteiger partial charge on any atom is 0.411 e. The van der Waals surface area contributed by atoms with Crippen molar-refractivity contribution in [1.82, 2.24) is 9.80 Å². The number of fused-ring (bicyclic) bond motifs is 1. The Morgan fingerprint density at radius 3 is 2.36 bits per heavy atom. The van der Waals surface area contributed by atoms with Gasteiger partial charge in [0.15, 0.2) is 0 Å². The summed E-state index contributed by atoms with van der Waals surface area (Å²) in [7, 11) is 1.33. The van der Waals surface area contributed by atoms with E-state index in [4.69, 9.17) is 9.47 Å². The van der Waals surface area contributed by atoms with Crippen molar-refractivity contribution in [3.63, 3.8) is 0 Å². The van der Waals surface area contributed by atoms with Crippen LogP contribution in [0.3, 0.4) is 0 Å². The van der Waals surface area contributed by atoms with Crippen molar-refractivity contribution in [2.45, 2.75) is 64.3 Å². The minimum absolute atomic E-state index is 0.228. The topological polar surface area (TPSA) is 76.2 Å². The van der Waals surface area contributed by atoms with Gasteiger partial charge in [0.25, 0.3) is 0 Å². The SMILES string of the molecule is COC(=O)[C@@H]1CCCN1C(=O)[C@H]1Cc2ccccc2CN1C(=O)OC(C)(C)C. The Morgan fingerprint density at radius 2 is 1.71 bits per heavy atom. The number of rotatable bonds is 2. The van der Waals surface area contributed by atoms with E-state index in [0.717, 1.165) is 17.5 Å². The molecule has 0 aromatic heterocycles. The van der Waals surface area contributed by atoms with Crippen molar-refractivity contribution in [2.75, 3.05) is 13.7 Å². The highest BCUT2D eigenvalue weighted by Gasteiger charge is 2.43. The van der Waals surface area contributed by atoms with E-state index in [1.165, 1.54) is 12.0 Å². The molecule has 28 heavy (non-hydrogen) atoms. The number of carbonyl (C=O) groups is 3. The van der Waals surface area contributed by atoms with Crippen molar-refractivity contribution in [3.8, 4) is 0 Å². The summed E-state index contributed by atoms with van der Waals surface area (Å²) in [5, 5.41) is 0. The average Bonchev–Trinajstić information content (AvgIpc) is 3.14. The Bertz CT molecular complexity index is 770. The number of methoxy groups -OCH3 is 1. The van der Waals surface area contributed by atoms with Crippen molar-refractivity contribution < 1.29 is 23.9 Å². The molecule has 2 aliphatic heterocycles. The van der Waals surface area contributed by atoms with Crippen molar-refractivity contribution in [2.24, 2.45) is 0 Å². The Hall–Kier alpha value is -2.57. The smallest absolute Gasteiger partial charge is 0.411 e. The Labute approximate surface area is 165 Å². The molecule has 2 amide bonds. The lowest BCUT2D eigenvalue weighted by molar-refractivity contribution is -0.153. The molecule has 2 aliphatic rings. The van der Waals surface area contributed by atoms with Crippen LogP contribution in [0, 0.1) is 0 Å². The van der Waals surface area contributed by atoms with E-state index in [-0.39, 0.29) is 5.91 Å². The summed E-state index contributed by atoms with van der Waals surface area (Å²) in [4.78, 5) is 41.4. The van der Waals surface area contributed by atoms with Crippen LogP contribution in [-0.4, -0.2) is 59.1 Å². The molecule has 1 aromatic rings. The fraction of sp³-hybridized carbons (Fsp3) is 0.571. The number of carbonyl (C=O) groups excluding carboxylic acids is 3. The monoisotopic (exact) mass is 388 g/mol. The van der Waals surface area contributed by atoms with Crippen molar-refractivity contribution in [1.29, 1.82) is 0 Å². The third kappa shape index (κ3) is 4.13. The van der Waals surface area contributed by atoms with Gasteiger partial charge in [-0.15, -0.1) is 0 Å². The summed E-state index contributed by atoms with van der Waals surface area (Å²) >= 11 is 0. The van der Waals surface area contributed by atoms with E-state index in [9.17, 15) is 14.4 Å². The van der Waals surface area contributed by atoms with Crippen LogP contribution in [0.25, 0.3) is 0 Å². The number of hydrogen-bond acceptors (Lipinski definition) is 5. The second kappa shape index (κ2) is 7.81. The molecule has 0 N–H and O–H groups in total. The largest absolute Gasteiger partial charge is 0.467 e. The molecule has 152 valence electrons. The van der Waals surface area contributed by atoms with Gasteiger partial charge in [-0.3, -0.25) is 9.69 Å². The second-order valence-corrected chi connectivity index (χ2v) is 8.31. The molecule has 2 heterocycles. The minimum atomic E-state index is -0.699. The van der Waals surface area contributed by atoms with E-state index >= 15 is 0 Å². The minimum Gasteiger partial charge on any atom is -0.467 e. The number of esters is 1. The lowest BCUT2D eigenvalue weighted by Crippen LogP contribution is -2.56. The third-order valence-electron chi connectivity index (χ3n) is 5.17. The first-order chi connectivity index (χ1) is 13.2. The summed E-state index contributed by atoms with van der Waals surface area (Å²) in [6.45, 7) is 6.19. The summed E-state index contributed by atoms with van der Waals surface area (Å²) in [5.74, 6) is -0.640.